The number of hydrogen-bond donors (Lipinski definition) is 1. The SMILES string of the molecule is CC1(C)OC(=O)c2ccc(Cl)c(O)c2O1. The molecule has 1 aromatic carbocycles. The van der Waals surface area contributed by atoms with Crippen LogP contribution in [0.2, 0.25) is 5.02 Å². The summed E-state index contributed by atoms with van der Waals surface area (Å²) >= 11 is 5.70. The molecule has 0 saturated heterocycles. The van der Waals surface area contributed by atoms with Crippen molar-refractivity contribution >= 4 is 17.6 Å². The summed E-state index contributed by atoms with van der Waals surface area (Å²) in [6, 6.07) is 2.87. The quantitative estimate of drug-likeness (QED) is 0.693. The largest absolute Gasteiger partial charge is 0.503 e. The smallest absolute Gasteiger partial charge is 0.345 e. The number of aromatic hydroxyl groups is 1. The van der Waals surface area contributed by atoms with Gasteiger partial charge in [0.05, 0.1) is 5.02 Å². The second-order valence-electron chi connectivity index (χ2n) is 3.66. The van der Waals surface area contributed by atoms with E-state index >= 15 is 0 Å². The zero-order valence-electron chi connectivity index (χ0n) is 8.20. The number of phenolic OH excluding ortho intramolecular Hbond substituents is 1. The molecule has 0 unspecified atom stereocenters. The highest BCUT2D eigenvalue weighted by Crippen LogP contribution is 2.42. The minimum atomic E-state index is -1.09. The third-order valence-corrected chi connectivity index (χ3v) is 2.29. The molecule has 2 rings (SSSR count). The number of ether oxygens (including phenoxy) is 2. The van der Waals surface area contributed by atoms with Crippen molar-refractivity contribution in [1.82, 2.24) is 0 Å². The lowest BCUT2D eigenvalue weighted by atomic mass is 10.1. The van der Waals surface area contributed by atoms with Gasteiger partial charge in [0.2, 0.25) is 5.79 Å². The Balaban J connectivity index is 2.61. The molecule has 15 heavy (non-hydrogen) atoms. The maximum absolute atomic E-state index is 11.5. The van der Waals surface area contributed by atoms with Gasteiger partial charge in [-0.15, -0.1) is 0 Å². The molecule has 0 bridgehead atoms. The van der Waals surface area contributed by atoms with Crippen molar-refractivity contribution in [2.45, 2.75) is 19.6 Å². The molecule has 0 fully saturated rings. The van der Waals surface area contributed by atoms with Gasteiger partial charge in [0.15, 0.2) is 11.5 Å². The molecule has 1 heterocycles. The Morgan fingerprint density at radius 2 is 2.00 bits per heavy atom. The van der Waals surface area contributed by atoms with Gasteiger partial charge in [-0.25, -0.2) is 4.79 Å². The second kappa shape index (κ2) is 3.03. The van der Waals surface area contributed by atoms with Crippen LogP contribution in [0.4, 0.5) is 0 Å². The molecule has 5 heteroatoms. The van der Waals surface area contributed by atoms with Crippen LogP contribution in [0.15, 0.2) is 12.1 Å². The Kier molecular flexibility index (Phi) is 2.04. The Morgan fingerprint density at radius 3 is 2.67 bits per heavy atom. The summed E-state index contributed by atoms with van der Waals surface area (Å²) in [6.07, 6.45) is 0. The molecule has 0 saturated carbocycles. The third-order valence-electron chi connectivity index (χ3n) is 1.99. The predicted molar refractivity (Wildman–Crippen MR) is 53.2 cm³/mol. The molecule has 1 aromatic rings. The third kappa shape index (κ3) is 1.61. The van der Waals surface area contributed by atoms with Gasteiger partial charge in [0.1, 0.15) is 5.56 Å². The Bertz CT molecular complexity index is 439. The van der Waals surface area contributed by atoms with E-state index in [0.717, 1.165) is 0 Å². The fraction of sp³-hybridized carbons (Fsp3) is 0.300. The number of cyclic esters (lactones) is 1. The lowest BCUT2D eigenvalue weighted by molar-refractivity contribution is -0.128. The van der Waals surface area contributed by atoms with Crippen molar-refractivity contribution in [3.05, 3.63) is 22.7 Å². The summed E-state index contributed by atoms with van der Waals surface area (Å²) in [5.41, 5.74) is 0.177. The average Bonchev–Trinajstić information content (AvgIpc) is 2.10. The lowest BCUT2D eigenvalue weighted by Crippen LogP contribution is -2.38. The zero-order chi connectivity index (χ0) is 11.2. The number of esters is 1. The fourth-order valence-electron chi connectivity index (χ4n) is 1.36. The van der Waals surface area contributed by atoms with Gasteiger partial charge in [-0.05, 0) is 12.1 Å². The second-order valence-corrected chi connectivity index (χ2v) is 4.07. The Labute approximate surface area is 91.4 Å². The molecule has 1 aliphatic heterocycles. The van der Waals surface area contributed by atoms with E-state index in [4.69, 9.17) is 21.1 Å². The molecule has 0 amide bonds. The maximum Gasteiger partial charge on any atom is 0.345 e. The maximum atomic E-state index is 11.5. The van der Waals surface area contributed by atoms with E-state index in [0.29, 0.717) is 0 Å². The van der Waals surface area contributed by atoms with Gasteiger partial charge in [-0.2, -0.15) is 0 Å². The molecule has 0 atom stereocenters. The van der Waals surface area contributed by atoms with E-state index in [1.54, 1.807) is 13.8 Å². The van der Waals surface area contributed by atoms with Gasteiger partial charge < -0.3 is 14.6 Å². The van der Waals surface area contributed by atoms with Crippen LogP contribution in [0.3, 0.4) is 0 Å². The minimum Gasteiger partial charge on any atom is -0.503 e. The minimum absolute atomic E-state index is 0.0729. The summed E-state index contributed by atoms with van der Waals surface area (Å²) in [4.78, 5) is 11.5. The van der Waals surface area contributed by atoms with Gasteiger partial charge in [0.25, 0.3) is 0 Å². The molecule has 1 N–H and O–H groups in total. The predicted octanol–water partition coefficient (Wildman–Crippen LogP) is 2.33. The van der Waals surface area contributed by atoms with E-state index in [2.05, 4.69) is 0 Å². The summed E-state index contributed by atoms with van der Waals surface area (Å²) in [6.45, 7) is 3.16. The normalized spacial score (nSPS) is 17.7. The van der Waals surface area contributed by atoms with Crippen LogP contribution >= 0.6 is 11.6 Å². The molecule has 80 valence electrons. The number of carbonyl (C=O) groups excluding carboxylic acids is 1. The molecular formula is C10H9ClO4. The fourth-order valence-corrected chi connectivity index (χ4v) is 1.50. The highest BCUT2D eigenvalue weighted by molar-refractivity contribution is 6.32. The number of halogens is 1. The highest BCUT2D eigenvalue weighted by Gasteiger charge is 2.36. The standard InChI is InChI=1S/C10H9ClO4/c1-10(2)14-8-5(9(13)15-10)3-4-6(11)7(8)12/h3-4,12H,1-2H3. The monoisotopic (exact) mass is 228 g/mol. The van der Waals surface area contributed by atoms with Crippen LogP contribution < -0.4 is 4.74 Å². The molecule has 0 aromatic heterocycles. The zero-order valence-corrected chi connectivity index (χ0v) is 8.96. The molecule has 0 aliphatic carbocycles. The van der Waals surface area contributed by atoms with E-state index < -0.39 is 11.8 Å². The van der Waals surface area contributed by atoms with Crippen molar-refractivity contribution in [2.75, 3.05) is 0 Å². The van der Waals surface area contributed by atoms with Gasteiger partial charge >= 0.3 is 5.97 Å². The van der Waals surface area contributed by atoms with E-state index in [-0.39, 0.29) is 22.1 Å². The van der Waals surface area contributed by atoms with Crippen molar-refractivity contribution in [3.63, 3.8) is 0 Å². The van der Waals surface area contributed by atoms with Crippen LogP contribution in [-0.4, -0.2) is 16.9 Å². The Morgan fingerprint density at radius 1 is 1.33 bits per heavy atom. The van der Waals surface area contributed by atoms with Crippen molar-refractivity contribution in [3.8, 4) is 11.5 Å². The molecule has 4 nitrogen and oxygen atoms in total. The first-order chi connectivity index (χ1) is 6.91. The first kappa shape index (κ1) is 10.1. The van der Waals surface area contributed by atoms with E-state index in [9.17, 15) is 9.90 Å². The Hall–Kier alpha value is -1.42. The summed E-state index contributed by atoms with van der Waals surface area (Å²) in [7, 11) is 0. The first-order valence-electron chi connectivity index (χ1n) is 4.34. The first-order valence-corrected chi connectivity index (χ1v) is 4.72. The molecule has 1 aliphatic rings. The summed E-state index contributed by atoms with van der Waals surface area (Å²) < 4.78 is 10.3. The number of fused-ring (bicyclic) bond motifs is 1. The van der Waals surface area contributed by atoms with Crippen LogP contribution in [0.1, 0.15) is 24.2 Å². The summed E-state index contributed by atoms with van der Waals surface area (Å²) in [5, 5.41) is 9.77. The van der Waals surface area contributed by atoms with Crippen molar-refractivity contribution < 1.29 is 19.4 Å². The van der Waals surface area contributed by atoms with Gasteiger partial charge in [-0.1, -0.05) is 11.6 Å². The van der Waals surface area contributed by atoms with E-state index in [1.807, 2.05) is 0 Å². The topological polar surface area (TPSA) is 55.8 Å². The molecule has 0 spiro atoms. The number of hydrogen-bond acceptors (Lipinski definition) is 4. The van der Waals surface area contributed by atoms with Gasteiger partial charge in [-0.3, -0.25) is 0 Å². The number of carbonyl (C=O) groups is 1. The molecule has 0 radical (unpaired) electrons. The van der Waals surface area contributed by atoms with E-state index in [1.165, 1.54) is 12.1 Å². The number of benzene rings is 1. The van der Waals surface area contributed by atoms with Crippen LogP contribution in [0.25, 0.3) is 0 Å². The lowest BCUT2D eigenvalue weighted by Gasteiger charge is -2.31. The number of rotatable bonds is 0. The van der Waals surface area contributed by atoms with Gasteiger partial charge in [0, 0.05) is 13.8 Å². The van der Waals surface area contributed by atoms with Crippen molar-refractivity contribution in [2.24, 2.45) is 0 Å². The average molecular weight is 229 g/mol. The summed E-state index contributed by atoms with van der Waals surface area (Å²) in [5.74, 6) is -1.79. The highest BCUT2D eigenvalue weighted by atomic mass is 35.5. The van der Waals surface area contributed by atoms with Crippen LogP contribution in [-0.2, 0) is 4.74 Å². The van der Waals surface area contributed by atoms with Crippen LogP contribution in [0, 0.1) is 0 Å². The van der Waals surface area contributed by atoms with Crippen LogP contribution in [0.5, 0.6) is 11.5 Å². The van der Waals surface area contributed by atoms with Crippen molar-refractivity contribution in [1.29, 1.82) is 0 Å². The molecular weight excluding hydrogens is 220 g/mol. The number of phenols is 1.